The molecule has 0 aromatic rings. The number of Topliss-reactive ketones (excluding diaryl/α,β-unsaturated/α-hetero) is 1. The molecule has 0 radical (unpaired) electrons. The molecule has 0 saturated carbocycles. The lowest BCUT2D eigenvalue weighted by molar-refractivity contribution is -0.139. The second-order valence-electron chi connectivity index (χ2n) is 6.18. The van der Waals surface area contributed by atoms with E-state index in [9.17, 15) is 9.90 Å². The zero-order valence-electron chi connectivity index (χ0n) is 10.9. The average molecular weight is 210 g/mol. The quantitative estimate of drug-likeness (QED) is 0.664. The smallest absolute Gasteiger partial charge is 0.168 e. The Morgan fingerprint density at radius 1 is 0.933 bits per heavy atom. The zero-order valence-corrected chi connectivity index (χ0v) is 10.9. The Morgan fingerprint density at radius 2 is 1.33 bits per heavy atom. The third-order valence-corrected chi connectivity index (χ3v) is 4.98. The molecule has 0 atom stereocenters. The van der Waals surface area contributed by atoms with Crippen LogP contribution in [0.4, 0.5) is 0 Å². The highest BCUT2D eigenvalue weighted by molar-refractivity contribution is 6.01. The summed E-state index contributed by atoms with van der Waals surface area (Å²) in [7, 11) is 0. The van der Waals surface area contributed by atoms with Crippen LogP contribution in [-0.4, -0.2) is 10.9 Å². The van der Waals surface area contributed by atoms with E-state index in [4.69, 9.17) is 0 Å². The Hall–Kier alpha value is -0.790. The first kappa shape index (κ1) is 12.3. The largest absolute Gasteiger partial charge is 0.511 e. The summed E-state index contributed by atoms with van der Waals surface area (Å²) >= 11 is 0. The highest BCUT2D eigenvalue weighted by Gasteiger charge is 2.57. The Bertz CT molecular complexity index is 344. The van der Waals surface area contributed by atoms with Crippen molar-refractivity contribution < 1.29 is 9.90 Å². The second kappa shape index (κ2) is 2.87. The lowest BCUT2D eigenvalue weighted by Gasteiger charge is -2.54. The van der Waals surface area contributed by atoms with Gasteiger partial charge in [0.2, 0.25) is 0 Å². The predicted molar refractivity (Wildman–Crippen MR) is 61.7 cm³/mol. The molecule has 2 heteroatoms. The molecule has 86 valence electrons. The molecule has 0 bridgehead atoms. The van der Waals surface area contributed by atoms with E-state index in [0.29, 0.717) is 5.57 Å². The number of allylic oxidation sites excluding steroid dienone is 2. The van der Waals surface area contributed by atoms with Crippen LogP contribution < -0.4 is 0 Å². The predicted octanol–water partition coefficient (Wildman–Crippen LogP) is 3.48. The Labute approximate surface area is 92.4 Å². The summed E-state index contributed by atoms with van der Waals surface area (Å²) in [6.45, 7) is 13.7. The van der Waals surface area contributed by atoms with Gasteiger partial charge >= 0.3 is 0 Å². The van der Waals surface area contributed by atoms with Gasteiger partial charge in [0.25, 0.3) is 0 Å². The molecule has 1 rings (SSSR count). The maximum Gasteiger partial charge on any atom is 0.168 e. The van der Waals surface area contributed by atoms with Gasteiger partial charge in [-0.2, -0.15) is 0 Å². The fourth-order valence-corrected chi connectivity index (χ4v) is 2.41. The normalized spacial score (nSPS) is 28.1. The lowest BCUT2D eigenvalue weighted by Crippen LogP contribution is -2.53. The fraction of sp³-hybridized carbons (Fsp3) is 0.769. The number of hydrogen-bond donors (Lipinski definition) is 1. The van der Waals surface area contributed by atoms with Crippen molar-refractivity contribution in [2.24, 2.45) is 16.2 Å². The fourth-order valence-electron chi connectivity index (χ4n) is 2.41. The summed E-state index contributed by atoms with van der Waals surface area (Å²) in [5, 5.41) is 10.1. The minimum Gasteiger partial charge on any atom is -0.511 e. The molecule has 1 aliphatic rings. The molecular weight excluding hydrogens is 188 g/mol. The molecule has 0 amide bonds. The van der Waals surface area contributed by atoms with Crippen LogP contribution in [0, 0.1) is 16.2 Å². The molecule has 15 heavy (non-hydrogen) atoms. The summed E-state index contributed by atoms with van der Waals surface area (Å²) in [5.41, 5.74) is -0.550. The summed E-state index contributed by atoms with van der Waals surface area (Å²) in [6, 6.07) is 0. The molecular formula is C13H22O2. The van der Waals surface area contributed by atoms with Gasteiger partial charge in [0.05, 0.1) is 0 Å². The minimum absolute atomic E-state index is 0.0596. The molecule has 2 nitrogen and oxygen atoms in total. The zero-order chi connectivity index (χ0) is 12.2. The van der Waals surface area contributed by atoms with Crippen molar-refractivity contribution in [1.29, 1.82) is 0 Å². The van der Waals surface area contributed by atoms with E-state index in [2.05, 4.69) is 0 Å². The third kappa shape index (κ3) is 1.20. The van der Waals surface area contributed by atoms with E-state index in [1.807, 2.05) is 41.5 Å². The minimum atomic E-state index is -0.438. The molecule has 0 fully saturated rings. The third-order valence-electron chi connectivity index (χ3n) is 4.98. The summed E-state index contributed by atoms with van der Waals surface area (Å²) < 4.78 is 0. The Kier molecular flexibility index (Phi) is 2.35. The van der Waals surface area contributed by atoms with Gasteiger partial charge in [-0.3, -0.25) is 4.79 Å². The lowest BCUT2D eigenvalue weighted by atomic mass is 9.49. The van der Waals surface area contributed by atoms with Gasteiger partial charge in [-0.25, -0.2) is 0 Å². The first-order valence-corrected chi connectivity index (χ1v) is 5.43. The van der Waals surface area contributed by atoms with Gasteiger partial charge in [-0.1, -0.05) is 41.5 Å². The van der Waals surface area contributed by atoms with Gasteiger partial charge in [0.15, 0.2) is 5.78 Å². The number of carbonyl (C=O) groups excluding carboxylic acids is 1. The van der Waals surface area contributed by atoms with Crippen LogP contribution in [0.2, 0.25) is 0 Å². The first-order chi connectivity index (χ1) is 6.48. The molecule has 0 spiro atoms. The number of carbonyl (C=O) groups is 1. The number of aliphatic hydroxyl groups excluding tert-OH is 1. The van der Waals surface area contributed by atoms with E-state index < -0.39 is 5.41 Å². The highest BCUT2D eigenvalue weighted by atomic mass is 16.3. The van der Waals surface area contributed by atoms with Crippen molar-refractivity contribution in [3.8, 4) is 0 Å². The van der Waals surface area contributed by atoms with Crippen LogP contribution >= 0.6 is 0 Å². The monoisotopic (exact) mass is 210 g/mol. The van der Waals surface area contributed by atoms with Crippen LogP contribution in [0.1, 0.15) is 48.5 Å². The second-order valence-corrected chi connectivity index (χ2v) is 6.18. The number of rotatable bonds is 0. The van der Waals surface area contributed by atoms with E-state index in [1.54, 1.807) is 6.92 Å². The molecule has 1 aliphatic carbocycles. The summed E-state index contributed by atoms with van der Waals surface area (Å²) in [6.07, 6.45) is 0. The van der Waals surface area contributed by atoms with E-state index in [1.165, 1.54) is 0 Å². The van der Waals surface area contributed by atoms with E-state index >= 15 is 0 Å². The number of hydrogen-bond acceptors (Lipinski definition) is 2. The van der Waals surface area contributed by atoms with Gasteiger partial charge in [0, 0.05) is 16.4 Å². The molecule has 0 heterocycles. The van der Waals surface area contributed by atoms with Crippen LogP contribution in [0.15, 0.2) is 11.3 Å². The van der Waals surface area contributed by atoms with Crippen molar-refractivity contribution in [2.75, 3.05) is 0 Å². The number of aliphatic hydroxyl groups is 1. The van der Waals surface area contributed by atoms with Crippen molar-refractivity contribution >= 4 is 5.78 Å². The molecule has 0 aromatic carbocycles. The van der Waals surface area contributed by atoms with Crippen LogP contribution in [0.3, 0.4) is 0 Å². The molecule has 0 aromatic heterocycles. The first-order valence-electron chi connectivity index (χ1n) is 5.43. The van der Waals surface area contributed by atoms with Crippen molar-refractivity contribution in [1.82, 2.24) is 0 Å². The van der Waals surface area contributed by atoms with E-state index in [-0.39, 0.29) is 22.4 Å². The SMILES string of the molecule is CC1=C(O)C(C)(C)C(C)(C)C(C)(C)C1=O. The van der Waals surface area contributed by atoms with Gasteiger partial charge in [0.1, 0.15) is 5.76 Å². The topological polar surface area (TPSA) is 37.3 Å². The maximum atomic E-state index is 12.1. The highest BCUT2D eigenvalue weighted by Crippen LogP contribution is 2.58. The maximum absolute atomic E-state index is 12.1. The van der Waals surface area contributed by atoms with Crippen LogP contribution in [-0.2, 0) is 4.79 Å². The van der Waals surface area contributed by atoms with Gasteiger partial charge in [-0.15, -0.1) is 0 Å². The van der Waals surface area contributed by atoms with Crippen molar-refractivity contribution in [3.63, 3.8) is 0 Å². The van der Waals surface area contributed by atoms with Gasteiger partial charge in [-0.05, 0) is 12.3 Å². The van der Waals surface area contributed by atoms with Crippen molar-refractivity contribution in [3.05, 3.63) is 11.3 Å². The number of ketones is 1. The summed E-state index contributed by atoms with van der Waals surface area (Å²) in [5.74, 6) is 0.307. The molecule has 0 saturated heterocycles. The molecule has 0 unspecified atom stereocenters. The Balaban J connectivity index is 3.56. The summed E-state index contributed by atoms with van der Waals surface area (Å²) in [4.78, 5) is 12.1. The van der Waals surface area contributed by atoms with Crippen LogP contribution in [0.25, 0.3) is 0 Å². The molecule has 0 aliphatic heterocycles. The standard InChI is InChI=1S/C13H22O2/c1-8-9(14)11(2,3)13(6,7)12(4,5)10(8)15/h14H,1-7H3. The Morgan fingerprint density at radius 3 is 1.73 bits per heavy atom. The molecule has 1 N–H and O–H groups in total. The average Bonchev–Trinajstić information content (AvgIpc) is 2.12. The van der Waals surface area contributed by atoms with Crippen molar-refractivity contribution in [2.45, 2.75) is 48.5 Å². The van der Waals surface area contributed by atoms with Crippen LogP contribution in [0.5, 0.6) is 0 Å². The van der Waals surface area contributed by atoms with E-state index in [0.717, 1.165) is 0 Å². The van der Waals surface area contributed by atoms with Gasteiger partial charge < -0.3 is 5.11 Å².